The molecule has 6 rings (SSSR count). The van der Waals surface area contributed by atoms with Gasteiger partial charge in [0.15, 0.2) is 0 Å². The number of para-hydroxylation sites is 2. The summed E-state index contributed by atoms with van der Waals surface area (Å²) in [7, 11) is 1.50. The van der Waals surface area contributed by atoms with Crippen LogP contribution < -0.4 is 30.7 Å². The molecule has 4 N–H and O–H groups in total. The number of hydrogen-bond acceptors (Lipinski definition) is 6. The molecule has 0 saturated carbocycles. The molecule has 0 radical (unpaired) electrons. The molecule has 4 amide bonds. The SMILES string of the molecule is CCOc1cccc(C(=O)NC(Cc2cccc(-c3ccc(C)c(NC(=O)C(Cc4ccccc4)NC(=O)c4ccccc4OC)c3)c2)C(=O)Nc2ccccc2C)c1. The molecule has 10 heteroatoms. The number of hydrogen-bond donors (Lipinski definition) is 4. The van der Waals surface area contributed by atoms with E-state index in [2.05, 4.69) is 21.3 Å². The largest absolute Gasteiger partial charge is 0.496 e. The van der Waals surface area contributed by atoms with Gasteiger partial charge in [-0.1, -0.05) is 103 Å². The number of amides is 4. The molecule has 2 unspecified atom stereocenters. The van der Waals surface area contributed by atoms with Crippen LogP contribution in [0.5, 0.6) is 11.5 Å². The second-order valence-corrected chi connectivity index (χ2v) is 14.1. The monoisotopic (exact) mass is 788 g/mol. The lowest BCUT2D eigenvalue weighted by Crippen LogP contribution is -2.45. The van der Waals surface area contributed by atoms with Gasteiger partial charge >= 0.3 is 0 Å². The van der Waals surface area contributed by atoms with Crippen molar-refractivity contribution in [1.82, 2.24) is 10.6 Å². The summed E-state index contributed by atoms with van der Waals surface area (Å²) < 4.78 is 11.0. The quantitative estimate of drug-likeness (QED) is 0.0780. The van der Waals surface area contributed by atoms with Crippen LogP contribution in [0.15, 0.2) is 146 Å². The molecule has 0 aliphatic heterocycles. The minimum Gasteiger partial charge on any atom is -0.496 e. The molecular weight excluding hydrogens is 741 g/mol. The van der Waals surface area contributed by atoms with Crippen molar-refractivity contribution >= 4 is 35.0 Å². The molecule has 6 aromatic rings. The predicted octanol–water partition coefficient (Wildman–Crippen LogP) is 8.34. The molecule has 59 heavy (non-hydrogen) atoms. The average molecular weight is 789 g/mol. The van der Waals surface area contributed by atoms with E-state index in [1.165, 1.54) is 7.11 Å². The predicted molar refractivity (Wildman–Crippen MR) is 232 cm³/mol. The van der Waals surface area contributed by atoms with Gasteiger partial charge in [0, 0.05) is 29.8 Å². The minimum absolute atomic E-state index is 0.199. The highest BCUT2D eigenvalue weighted by atomic mass is 16.5. The van der Waals surface area contributed by atoms with Crippen molar-refractivity contribution in [3.8, 4) is 22.6 Å². The van der Waals surface area contributed by atoms with Crippen molar-refractivity contribution in [3.05, 3.63) is 179 Å². The van der Waals surface area contributed by atoms with Crippen LogP contribution in [0, 0.1) is 13.8 Å². The summed E-state index contributed by atoms with van der Waals surface area (Å²) in [5.74, 6) is -0.606. The Kier molecular flexibility index (Phi) is 13.9. The molecule has 300 valence electrons. The van der Waals surface area contributed by atoms with Crippen LogP contribution in [0.2, 0.25) is 0 Å². The van der Waals surface area contributed by atoms with Crippen LogP contribution in [-0.4, -0.2) is 49.4 Å². The zero-order valence-electron chi connectivity index (χ0n) is 33.6. The lowest BCUT2D eigenvalue weighted by molar-refractivity contribution is -0.118. The van der Waals surface area contributed by atoms with Gasteiger partial charge in [0.05, 0.1) is 19.3 Å². The number of methoxy groups -OCH3 is 1. The van der Waals surface area contributed by atoms with Crippen LogP contribution in [0.25, 0.3) is 11.1 Å². The summed E-state index contributed by atoms with van der Waals surface area (Å²) in [6.45, 7) is 6.14. The highest BCUT2D eigenvalue weighted by Crippen LogP contribution is 2.28. The zero-order valence-corrected chi connectivity index (χ0v) is 33.6. The van der Waals surface area contributed by atoms with Crippen molar-refractivity contribution in [2.24, 2.45) is 0 Å². The Morgan fingerprint density at radius 2 is 1.17 bits per heavy atom. The van der Waals surface area contributed by atoms with Crippen molar-refractivity contribution in [2.45, 2.75) is 45.7 Å². The lowest BCUT2D eigenvalue weighted by atomic mass is 9.97. The fourth-order valence-electron chi connectivity index (χ4n) is 6.67. The second-order valence-electron chi connectivity index (χ2n) is 14.1. The summed E-state index contributed by atoms with van der Waals surface area (Å²) in [6.07, 6.45) is 0.465. The summed E-state index contributed by atoms with van der Waals surface area (Å²) >= 11 is 0. The van der Waals surface area contributed by atoms with Gasteiger partial charge in [0.2, 0.25) is 11.8 Å². The third-order valence-electron chi connectivity index (χ3n) is 9.88. The fraction of sp³-hybridized carbons (Fsp3) is 0.184. The first-order chi connectivity index (χ1) is 28.6. The van der Waals surface area contributed by atoms with Crippen LogP contribution in [-0.2, 0) is 22.4 Å². The second kappa shape index (κ2) is 19.8. The van der Waals surface area contributed by atoms with E-state index in [0.29, 0.717) is 40.6 Å². The Morgan fingerprint density at radius 1 is 0.559 bits per heavy atom. The summed E-state index contributed by atoms with van der Waals surface area (Å²) in [5.41, 5.74) is 7.02. The molecule has 0 aromatic heterocycles. The lowest BCUT2D eigenvalue weighted by Gasteiger charge is -2.21. The van der Waals surface area contributed by atoms with Gasteiger partial charge in [-0.05, 0) is 96.6 Å². The average Bonchev–Trinajstić information content (AvgIpc) is 3.25. The van der Waals surface area contributed by atoms with Crippen LogP contribution in [0.4, 0.5) is 11.4 Å². The number of carbonyl (C=O) groups excluding carboxylic acids is 4. The molecule has 0 fully saturated rings. The first-order valence-corrected chi connectivity index (χ1v) is 19.5. The van der Waals surface area contributed by atoms with E-state index in [4.69, 9.17) is 9.47 Å². The number of rotatable bonds is 16. The third-order valence-corrected chi connectivity index (χ3v) is 9.88. The van der Waals surface area contributed by atoms with E-state index in [-0.39, 0.29) is 24.7 Å². The molecular formula is C49H48N4O6. The molecule has 0 bridgehead atoms. The normalized spacial score (nSPS) is 11.7. The van der Waals surface area contributed by atoms with Gasteiger partial charge in [0.1, 0.15) is 23.6 Å². The number of anilines is 2. The number of benzene rings is 6. The Labute approximate surface area is 345 Å². The zero-order chi connectivity index (χ0) is 41.7. The summed E-state index contributed by atoms with van der Waals surface area (Å²) in [5, 5.41) is 12.0. The van der Waals surface area contributed by atoms with Crippen molar-refractivity contribution < 1.29 is 28.7 Å². The summed E-state index contributed by atoms with van der Waals surface area (Å²) in [6, 6.07) is 42.4. The van der Waals surface area contributed by atoms with E-state index < -0.39 is 23.9 Å². The van der Waals surface area contributed by atoms with Gasteiger partial charge in [-0.3, -0.25) is 19.2 Å². The maximum absolute atomic E-state index is 14.0. The van der Waals surface area contributed by atoms with Gasteiger partial charge in [-0.2, -0.15) is 0 Å². The van der Waals surface area contributed by atoms with E-state index >= 15 is 0 Å². The van der Waals surface area contributed by atoms with Crippen molar-refractivity contribution in [1.29, 1.82) is 0 Å². The smallest absolute Gasteiger partial charge is 0.255 e. The number of ether oxygens (including phenoxy) is 2. The van der Waals surface area contributed by atoms with Gasteiger partial charge in [0.25, 0.3) is 11.8 Å². The highest BCUT2D eigenvalue weighted by Gasteiger charge is 2.26. The first kappa shape index (κ1) is 41.4. The Bertz CT molecular complexity index is 2430. The molecule has 6 aromatic carbocycles. The van der Waals surface area contributed by atoms with E-state index in [9.17, 15) is 19.2 Å². The number of aryl methyl sites for hydroxylation is 2. The van der Waals surface area contributed by atoms with Crippen molar-refractivity contribution in [3.63, 3.8) is 0 Å². The molecule has 0 heterocycles. The molecule has 2 atom stereocenters. The van der Waals surface area contributed by atoms with Gasteiger partial charge in [-0.25, -0.2) is 0 Å². The number of nitrogens with one attached hydrogen (secondary N) is 4. The molecule has 0 spiro atoms. The number of carbonyl (C=O) groups is 4. The molecule has 10 nitrogen and oxygen atoms in total. The minimum atomic E-state index is -0.923. The van der Waals surface area contributed by atoms with Gasteiger partial charge < -0.3 is 30.7 Å². The standard InChI is InChI=1S/C49H48N4O6/c1-5-59-39-21-14-20-38(30-39)46(54)52-44(48(56)50-41-23-11-9-15-32(41)2)29-35-18-13-19-36(27-35)37-26-25-33(3)42(31-37)51-49(57)43(28-34-16-7-6-8-17-34)53-47(55)40-22-10-12-24-45(40)58-4/h6-27,30-31,43-44H,5,28-29H2,1-4H3,(H,50,56)(H,51,57)(H,52,54)(H,53,55). The Hall–Kier alpha value is -7.20. The molecule has 0 aliphatic carbocycles. The summed E-state index contributed by atoms with van der Waals surface area (Å²) in [4.78, 5) is 55.0. The van der Waals surface area contributed by atoms with Crippen LogP contribution in [0.1, 0.15) is 49.9 Å². The Morgan fingerprint density at radius 3 is 1.92 bits per heavy atom. The first-order valence-electron chi connectivity index (χ1n) is 19.5. The van der Waals surface area contributed by atoms with E-state index in [0.717, 1.165) is 33.4 Å². The highest BCUT2D eigenvalue weighted by molar-refractivity contribution is 6.03. The Balaban J connectivity index is 1.24. The van der Waals surface area contributed by atoms with Crippen LogP contribution >= 0.6 is 0 Å². The van der Waals surface area contributed by atoms with Crippen molar-refractivity contribution in [2.75, 3.05) is 24.4 Å². The molecule has 0 saturated heterocycles. The third kappa shape index (κ3) is 11.0. The van der Waals surface area contributed by atoms with Gasteiger partial charge in [-0.15, -0.1) is 0 Å². The topological polar surface area (TPSA) is 135 Å². The fourth-order valence-corrected chi connectivity index (χ4v) is 6.67. The van der Waals surface area contributed by atoms with Crippen LogP contribution in [0.3, 0.4) is 0 Å². The maximum Gasteiger partial charge on any atom is 0.255 e. The maximum atomic E-state index is 14.0. The molecule has 0 aliphatic rings. The van der Waals surface area contributed by atoms with E-state index in [1.54, 1.807) is 48.5 Å². The van der Waals surface area contributed by atoms with E-state index in [1.807, 2.05) is 118 Å².